The number of anilines is 1. The molecule has 0 bridgehead atoms. The molecule has 1 saturated heterocycles. The lowest BCUT2D eigenvalue weighted by Crippen LogP contribution is -2.31. The Labute approximate surface area is 170 Å². The molecule has 1 aliphatic rings. The molecule has 1 unspecified atom stereocenters. The first-order valence-corrected chi connectivity index (χ1v) is 9.62. The fourth-order valence-corrected chi connectivity index (χ4v) is 3.65. The Balaban J connectivity index is 1.66. The van der Waals surface area contributed by atoms with Crippen LogP contribution in [-0.2, 0) is 0 Å². The van der Waals surface area contributed by atoms with Gasteiger partial charge in [-0.3, -0.25) is 0 Å². The lowest BCUT2D eigenvalue weighted by molar-refractivity contribution is 0.315. The molecule has 0 amide bonds. The molecule has 4 rings (SSSR count). The highest BCUT2D eigenvalue weighted by Gasteiger charge is 2.25. The molecule has 0 radical (unpaired) electrons. The summed E-state index contributed by atoms with van der Waals surface area (Å²) in [5.74, 6) is 2.77. The number of methoxy groups -OCH3 is 2. The highest BCUT2D eigenvalue weighted by Crippen LogP contribution is 2.31. The number of rotatable bonds is 6. The smallest absolute Gasteiger partial charge is 0.256 e. The molecular formula is C21H26N6O2. The van der Waals surface area contributed by atoms with Gasteiger partial charge in [-0.25, -0.2) is 14.6 Å². The van der Waals surface area contributed by atoms with Crippen molar-refractivity contribution in [1.82, 2.24) is 24.6 Å². The van der Waals surface area contributed by atoms with Gasteiger partial charge >= 0.3 is 0 Å². The van der Waals surface area contributed by atoms with E-state index in [4.69, 9.17) is 14.5 Å². The Morgan fingerprint density at radius 3 is 2.66 bits per heavy atom. The maximum atomic E-state index is 5.39. The zero-order valence-electron chi connectivity index (χ0n) is 17.2. The number of pyridine rings is 2. The van der Waals surface area contributed by atoms with Crippen LogP contribution in [0.5, 0.6) is 11.6 Å². The van der Waals surface area contributed by atoms with Gasteiger partial charge in [0.05, 0.1) is 26.1 Å². The summed E-state index contributed by atoms with van der Waals surface area (Å²) in [4.78, 5) is 13.8. The topological polar surface area (TPSA) is 68.5 Å². The summed E-state index contributed by atoms with van der Waals surface area (Å²) in [6.45, 7) is 1.99. The molecule has 3 aromatic rings. The van der Waals surface area contributed by atoms with E-state index in [9.17, 15) is 0 Å². The number of aromatic nitrogens is 4. The van der Waals surface area contributed by atoms with Crippen LogP contribution in [0.2, 0.25) is 0 Å². The molecule has 4 heterocycles. The van der Waals surface area contributed by atoms with Crippen molar-refractivity contribution in [2.45, 2.75) is 12.5 Å². The third kappa shape index (κ3) is 3.75. The minimum absolute atomic E-state index is 0.451. The first kappa shape index (κ1) is 19.2. The maximum Gasteiger partial charge on any atom is 0.256 e. The molecule has 1 aliphatic heterocycles. The predicted molar refractivity (Wildman–Crippen MR) is 112 cm³/mol. The standard InChI is InChI=1S/C21H26N6O2/c1-25(2)16-9-11-26(14-16)19-6-5-7-20(24-19)27-17(8-10-23-27)15-12-18(28-3)21(29-4)22-13-15/h5-8,10,12-13,16H,9,11,14H2,1-4H3. The van der Waals surface area contributed by atoms with Crippen LogP contribution >= 0.6 is 0 Å². The fourth-order valence-electron chi connectivity index (χ4n) is 3.65. The minimum atomic E-state index is 0.451. The zero-order chi connectivity index (χ0) is 20.4. The summed E-state index contributed by atoms with van der Waals surface area (Å²) < 4.78 is 12.5. The van der Waals surface area contributed by atoms with Crippen molar-refractivity contribution in [2.75, 3.05) is 46.3 Å². The van der Waals surface area contributed by atoms with Gasteiger partial charge in [0.25, 0.3) is 5.88 Å². The van der Waals surface area contributed by atoms with Crippen molar-refractivity contribution >= 4 is 5.82 Å². The zero-order valence-corrected chi connectivity index (χ0v) is 17.2. The van der Waals surface area contributed by atoms with Crippen molar-refractivity contribution in [2.24, 2.45) is 0 Å². The Morgan fingerprint density at radius 1 is 1.10 bits per heavy atom. The Kier molecular flexibility index (Phi) is 5.35. The van der Waals surface area contributed by atoms with E-state index in [1.807, 2.05) is 28.9 Å². The van der Waals surface area contributed by atoms with Crippen LogP contribution in [0.4, 0.5) is 5.82 Å². The van der Waals surface area contributed by atoms with E-state index in [2.05, 4.69) is 40.0 Å². The maximum absolute atomic E-state index is 5.39. The second kappa shape index (κ2) is 8.08. The molecule has 29 heavy (non-hydrogen) atoms. The van der Waals surface area contributed by atoms with E-state index in [1.165, 1.54) is 0 Å². The molecular weight excluding hydrogens is 368 g/mol. The molecule has 0 spiro atoms. The summed E-state index contributed by atoms with van der Waals surface area (Å²) >= 11 is 0. The van der Waals surface area contributed by atoms with E-state index < -0.39 is 0 Å². The number of nitrogens with zero attached hydrogens (tertiary/aromatic N) is 6. The highest BCUT2D eigenvalue weighted by atomic mass is 16.5. The van der Waals surface area contributed by atoms with E-state index in [1.54, 1.807) is 26.6 Å². The molecule has 1 fully saturated rings. The number of ether oxygens (including phenoxy) is 2. The number of hydrogen-bond acceptors (Lipinski definition) is 7. The van der Waals surface area contributed by atoms with Crippen LogP contribution in [-0.4, -0.2) is 72.1 Å². The summed E-state index contributed by atoms with van der Waals surface area (Å²) in [6.07, 6.45) is 4.66. The molecule has 0 aromatic carbocycles. The van der Waals surface area contributed by atoms with Gasteiger partial charge in [0.2, 0.25) is 0 Å². The third-order valence-corrected chi connectivity index (χ3v) is 5.32. The minimum Gasteiger partial charge on any atom is -0.491 e. The van der Waals surface area contributed by atoms with Gasteiger partial charge in [-0.1, -0.05) is 6.07 Å². The monoisotopic (exact) mass is 394 g/mol. The highest BCUT2D eigenvalue weighted by molar-refractivity contribution is 5.63. The summed E-state index contributed by atoms with van der Waals surface area (Å²) in [7, 11) is 7.43. The summed E-state index contributed by atoms with van der Waals surface area (Å²) in [6, 6.07) is 10.4. The molecule has 1 atom stereocenters. The van der Waals surface area contributed by atoms with Gasteiger partial charge in [-0.05, 0) is 44.8 Å². The second-order valence-corrected chi connectivity index (χ2v) is 7.27. The van der Waals surface area contributed by atoms with Gasteiger partial charge in [0.1, 0.15) is 5.82 Å². The van der Waals surface area contributed by atoms with Gasteiger partial charge < -0.3 is 19.3 Å². The van der Waals surface area contributed by atoms with Crippen molar-refractivity contribution in [3.05, 3.63) is 42.7 Å². The lowest BCUT2D eigenvalue weighted by atomic mass is 10.2. The fraction of sp³-hybridized carbons (Fsp3) is 0.381. The van der Waals surface area contributed by atoms with Gasteiger partial charge in [0.15, 0.2) is 11.6 Å². The largest absolute Gasteiger partial charge is 0.491 e. The Bertz CT molecular complexity index is 987. The molecule has 0 N–H and O–H groups in total. The van der Waals surface area contributed by atoms with Crippen molar-refractivity contribution in [3.8, 4) is 28.7 Å². The van der Waals surface area contributed by atoms with Crippen LogP contribution in [0.3, 0.4) is 0 Å². The summed E-state index contributed by atoms with van der Waals surface area (Å²) in [5.41, 5.74) is 1.76. The number of likely N-dealkylation sites (N-methyl/N-ethyl adjacent to an activating group) is 1. The van der Waals surface area contributed by atoms with Crippen molar-refractivity contribution in [1.29, 1.82) is 0 Å². The normalized spacial score (nSPS) is 16.4. The molecule has 8 nitrogen and oxygen atoms in total. The van der Waals surface area contributed by atoms with E-state index in [0.717, 1.165) is 42.4 Å². The SMILES string of the molecule is COc1cc(-c2ccnn2-c2cccc(N3CCC(N(C)C)C3)n2)cnc1OC. The van der Waals surface area contributed by atoms with Gasteiger partial charge in [0, 0.05) is 30.9 Å². The third-order valence-electron chi connectivity index (χ3n) is 5.32. The van der Waals surface area contributed by atoms with E-state index >= 15 is 0 Å². The van der Waals surface area contributed by atoms with E-state index in [0.29, 0.717) is 17.7 Å². The Hall–Kier alpha value is -3.13. The second-order valence-electron chi connectivity index (χ2n) is 7.27. The lowest BCUT2D eigenvalue weighted by Gasteiger charge is -2.21. The first-order valence-electron chi connectivity index (χ1n) is 9.62. The van der Waals surface area contributed by atoms with Gasteiger partial charge in [-0.15, -0.1) is 0 Å². The Morgan fingerprint density at radius 2 is 1.93 bits per heavy atom. The first-order chi connectivity index (χ1) is 14.1. The van der Waals surface area contributed by atoms with Crippen LogP contribution in [0, 0.1) is 0 Å². The summed E-state index contributed by atoms with van der Waals surface area (Å²) in [5, 5.41) is 4.50. The van der Waals surface area contributed by atoms with Crippen LogP contribution in [0.1, 0.15) is 6.42 Å². The number of hydrogen-bond donors (Lipinski definition) is 0. The average molecular weight is 394 g/mol. The quantitative estimate of drug-likeness (QED) is 0.636. The van der Waals surface area contributed by atoms with Crippen LogP contribution in [0.25, 0.3) is 17.1 Å². The average Bonchev–Trinajstić information content (AvgIpc) is 3.43. The predicted octanol–water partition coefficient (Wildman–Crippen LogP) is 2.49. The van der Waals surface area contributed by atoms with Crippen molar-refractivity contribution < 1.29 is 9.47 Å². The molecule has 0 aliphatic carbocycles. The van der Waals surface area contributed by atoms with Crippen molar-refractivity contribution in [3.63, 3.8) is 0 Å². The van der Waals surface area contributed by atoms with Crippen LogP contribution < -0.4 is 14.4 Å². The van der Waals surface area contributed by atoms with Gasteiger partial charge in [-0.2, -0.15) is 5.10 Å². The van der Waals surface area contributed by atoms with Crippen LogP contribution in [0.15, 0.2) is 42.7 Å². The molecule has 8 heteroatoms. The molecule has 152 valence electrons. The van der Waals surface area contributed by atoms with E-state index in [-0.39, 0.29) is 0 Å². The molecule has 0 saturated carbocycles. The molecule has 3 aromatic heterocycles.